The molecule has 0 radical (unpaired) electrons. The second kappa shape index (κ2) is 6.35. The van der Waals surface area contributed by atoms with E-state index in [9.17, 15) is 9.59 Å². The van der Waals surface area contributed by atoms with Crippen LogP contribution in [-0.2, 0) is 0 Å². The van der Waals surface area contributed by atoms with Gasteiger partial charge in [-0.15, -0.1) is 0 Å². The first-order valence-electron chi connectivity index (χ1n) is 7.14. The van der Waals surface area contributed by atoms with Gasteiger partial charge in [0.05, 0.1) is 19.0 Å². The number of benzene rings is 1. The van der Waals surface area contributed by atoms with E-state index >= 15 is 0 Å². The van der Waals surface area contributed by atoms with E-state index in [0.29, 0.717) is 30.2 Å². The largest absolute Gasteiger partial charge is 0.481 e. The zero-order valence-corrected chi connectivity index (χ0v) is 12.6. The van der Waals surface area contributed by atoms with E-state index in [1.807, 2.05) is 0 Å². The zero-order chi connectivity index (χ0) is 16.2. The number of nitrogens with zero attached hydrogens (tertiary/aromatic N) is 2. The molecule has 0 spiro atoms. The number of amides is 3. The topological polar surface area (TPSA) is 83.6 Å². The third-order valence-corrected chi connectivity index (χ3v) is 3.50. The van der Waals surface area contributed by atoms with Crippen LogP contribution in [0, 0.1) is 0 Å². The number of aromatic nitrogens is 1. The Morgan fingerprint density at radius 2 is 2.04 bits per heavy atom. The number of nitrogens with one attached hydrogen (secondary N) is 2. The highest BCUT2D eigenvalue weighted by Crippen LogP contribution is 2.18. The first-order valence-corrected chi connectivity index (χ1v) is 7.14. The molecule has 0 saturated carbocycles. The molecule has 2 aromatic rings. The molecule has 0 unspecified atom stereocenters. The fourth-order valence-corrected chi connectivity index (χ4v) is 2.29. The maximum atomic E-state index is 12.2. The van der Waals surface area contributed by atoms with Gasteiger partial charge in [-0.3, -0.25) is 9.69 Å². The van der Waals surface area contributed by atoms with Crippen molar-refractivity contribution in [2.75, 3.05) is 30.4 Å². The molecule has 1 saturated heterocycles. The summed E-state index contributed by atoms with van der Waals surface area (Å²) in [5, 5.41) is 5.50. The summed E-state index contributed by atoms with van der Waals surface area (Å²) < 4.78 is 4.97. The molecular weight excluding hydrogens is 296 g/mol. The van der Waals surface area contributed by atoms with Crippen LogP contribution < -0.4 is 20.3 Å². The third kappa shape index (κ3) is 3.23. The number of methoxy groups -OCH3 is 1. The lowest BCUT2D eigenvalue weighted by molar-refractivity contribution is 0.102. The molecule has 1 aromatic heterocycles. The maximum Gasteiger partial charge on any atom is 0.321 e. The summed E-state index contributed by atoms with van der Waals surface area (Å²) in [5.41, 5.74) is 1.85. The number of anilines is 2. The fraction of sp³-hybridized carbons (Fsp3) is 0.188. The molecule has 1 aliphatic heterocycles. The first-order chi connectivity index (χ1) is 11.2. The minimum atomic E-state index is -0.241. The lowest BCUT2D eigenvalue weighted by Gasteiger charge is -2.14. The fourth-order valence-electron chi connectivity index (χ4n) is 2.29. The number of carbonyl (C=O) groups excluding carboxylic acids is 2. The van der Waals surface area contributed by atoms with Crippen LogP contribution in [0.4, 0.5) is 16.2 Å². The molecule has 2 heterocycles. The quantitative estimate of drug-likeness (QED) is 0.903. The summed E-state index contributed by atoms with van der Waals surface area (Å²) in [7, 11) is 1.53. The number of carbonyl (C=O) groups is 2. The molecule has 7 nitrogen and oxygen atoms in total. The van der Waals surface area contributed by atoms with Crippen LogP contribution in [0.15, 0.2) is 42.6 Å². The van der Waals surface area contributed by atoms with Crippen LogP contribution in [0.5, 0.6) is 5.88 Å². The van der Waals surface area contributed by atoms with Gasteiger partial charge in [0.1, 0.15) is 0 Å². The van der Waals surface area contributed by atoms with E-state index < -0.39 is 0 Å². The molecule has 23 heavy (non-hydrogen) atoms. The van der Waals surface area contributed by atoms with Crippen LogP contribution in [-0.4, -0.2) is 37.1 Å². The first kappa shape index (κ1) is 14.8. The standard InChI is InChI=1S/C16H16N4O3/c1-23-14-7-4-12(10-18-14)19-15(21)11-2-5-13(6-3-11)20-9-8-17-16(20)22/h2-7,10H,8-9H2,1H3,(H,17,22)(H,19,21). The van der Waals surface area contributed by atoms with Gasteiger partial charge in [-0.1, -0.05) is 0 Å². The third-order valence-electron chi connectivity index (χ3n) is 3.50. The van der Waals surface area contributed by atoms with Crippen molar-refractivity contribution in [2.45, 2.75) is 0 Å². The highest BCUT2D eigenvalue weighted by Gasteiger charge is 2.21. The van der Waals surface area contributed by atoms with E-state index in [1.54, 1.807) is 41.3 Å². The Labute approximate surface area is 133 Å². The van der Waals surface area contributed by atoms with Gasteiger partial charge >= 0.3 is 6.03 Å². The van der Waals surface area contributed by atoms with Crippen molar-refractivity contribution in [3.8, 4) is 5.88 Å². The number of hydrogen-bond acceptors (Lipinski definition) is 4. The summed E-state index contributed by atoms with van der Waals surface area (Å²) in [6.45, 7) is 1.26. The average molecular weight is 312 g/mol. The monoisotopic (exact) mass is 312 g/mol. The molecule has 3 amide bonds. The van der Waals surface area contributed by atoms with Crippen LogP contribution >= 0.6 is 0 Å². The van der Waals surface area contributed by atoms with Gasteiger partial charge in [0, 0.05) is 30.4 Å². The van der Waals surface area contributed by atoms with Crippen LogP contribution in [0.2, 0.25) is 0 Å². The Bertz CT molecular complexity index is 713. The number of rotatable bonds is 4. The van der Waals surface area contributed by atoms with Gasteiger partial charge in [0.15, 0.2) is 0 Å². The van der Waals surface area contributed by atoms with E-state index in [2.05, 4.69) is 15.6 Å². The molecule has 0 bridgehead atoms. The molecule has 7 heteroatoms. The number of pyridine rings is 1. The van der Waals surface area contributed by atoms with E-state index in [1.165, 1.54) is 13.3 Å². The molecular formula is C16H16N4O3. The second-order valence-electron chi connectivity index (χ2n) is 4.97. The van der Waals surface area contributed by atoms with E-state index in [4.69, 9.17) is 4.74 Å². The zero-order valence-electron chi connectivity index (χ0n) is 12.6. The van der Waals surface area contributed by atoms with Crippen molar-refractivity contribution in [3.63, 3.8) is 0 Å². The molecule has 3 rings (SSSR count). The molecule has 0 aliphatic carbocycles. The summed E-state index contributed by atoms with van der Waals surface area (Å²) in [6, 6.07) is 10.2. The Morgan fingerprint density at radius 1 is 1.26 bits per heavy atom. The van der Waals surface area contributed by atoms with Crippen LogP contribution in [0.3, 0.4) is 0 Å². The van der Waals surface area contributed by atoms with Crippen molar-refractivity contribution in [1.82, 2.24) is 10.3 Å². The van der Waals surface area contributed by atoms with Crippen molar-refractivity contribution in [2.24, 2.45) is 0 Å². The predicted molar refractivity (Wildman–Crippen MR) is 85.9 cm³/mol. The molecule has 1 aliphatic rings. The van der Waals surface area contributed by atoms with Crippen LogP contribution in [0.1, 0.15) is 10.4 Å². The van der Waals surface area contributed by atoms with Crippen molar-refractivity contribution in [1.29, 1.82) is 0 Å². The van der Waals surface area contributed by atoms with Crippen molar-refractivity contribution in [3.05, 3.63) is 48.2 Å². The van der Waals surface area contributed by atoms with E-state index in [0.717, 1.165) is 5.69 Å². The van der Waals surface area contributed by atoms with Crippen LogP contribution in [0.25, 0.3) is 0 Å². The summed E-state index contributed by atoms with van der Waals surface area (Å²) >= 11 is 0. The molecule has 1 aromatic carbocycles. The number of ether oxygens (including phenoxy) is 1. The molecule has 1 fully saturated rings. The Hall–Kier alpha value is -3.09. The summed E-state index contributed by atoms with van der Waals surface area (Å²) in [4.78, 5) is 29.5. The molecule has 118 valence electrons. The summed E-state index contributed by atoms with van der Waals surface area (Å²) in [5.74, 6) is 0.241. The second-order valence-corrected chi connectivity index (χ2v) is 4.97. The minimum Gasteiger partial charge on any atom is -0.481 e. The normalized spacial score (nSPS) is 13.6. The SMILES string of the molecule is COc1ccc(NC(=O)c2ccc(N3CCNC3=O)cc2)cn1. The van der Waals surface area contributed by atoms with Gasteiger partial charge in [-0.25, -0.2) is 9.78 Å². The minimum absolute atomic E-state index is 0.119. The Morgan fingerprint density at radius 3 is 2.61 bits per heavy atom. The van der Waals surface area contributed by atoms with Gasteiger partial charge < -0.3 is 15.4 Å². The average Bonchev–Trinajstić information content (AvgIpc) is 3.02. The smallest absolute Gasteiger partial charge is 0.321 e. The molecule has 2 N–H and O–H groups in total. The lowest BCUT2D eigenvalue weighted by Crippen LogP contribution is -2.27. The number of urea groups is 1. The van der Waals surface area contributed by atoms with Gasteiger partial charge in [0.2, 0.25) is 5.88 Å². The molecule has 0 atom stereocenters. The Balaban J connectivity index is 1.68. The van der Waals surface area contributed by atoms with Crippen molar-refractivity contribution >= 4 is 23.3 Å². The maximum absolute atomic E-state index is 12.2. The Kier molecular flexibility index (Phi) is 4.09. The summed E-state index contributed by atoms with van der Waals surface area (Å²) in [6.07, 6.45) is 1.53. The number of hydrogen-bond donors (Lipinski definition) is 2. The van der Waals surface area contributed by atoms with Gasteiger partial charge in [-0.2, -0.15) is 0 Å². The lowest BCUT2D eigenvalue weighted by atomic mass is 10.2. The van der Waals surface area contributed by atoms with E-state index in [-0.39, 0.29) is 11.9 Å². The predicted octanol–water partition coefficient (Wildman–Crippen LogP) is 1.87. The van der Waals surface area contributed by atoms with Gasteiger partial charge in [-0.05, 0) is 30.3 Å². The highest BCUT2D eigenvalue weighted by atomic mass is 16.5. The highest BCUT2D eigenvalue weighted by molar-refractivity contribution is 6.04. The van der Waals surface area contributed by atoms with Crippen molar-refractivity contribution < 1.29 is 14.3 Å². The van der Waals surface area contributed by atoms with Gasteiger partial charge in [0.25, 0.3) is 5.91 Å².